The Morgan fingerprint density at radius 3 is 1.21 bits per heavy atom. The summed E-state index contributed by atoms with van der Waals surface area (Å²) in [6.07, 6.45) is -34.1. The lowest BCUT2D eigenvalue weighted by atomic mass is 9.63. The lowest BCUT2D eigenvalue weighted by Gasteiger charge is -2.56. The third-order valence-corrected chi connectivity index (χ3v) is 5.22. The fourth-order valence-electron chi connectivity index (χ4n) is 2.97. The van der Waals surface area contributed by atoms with E-state index in [1.165, 1.54) is 0 Å². The van der Waals surface area contributed by atoms with Gasteiger partial charge in [-0.2, -0.15) is 70.2 Å². The molecule has 38 heavy (non-hydrogen) atoms. The van der Waals surface area contributed by atoms with Gasteiger partial charge < -0.3 is 10.2 Å². The summed E-state index contributed by atoms with van der Waals surface area (Å²) in [5.74, 6) is -28.3. The quantitative estimate of drug-likeness (QED) is 0.320. The van der Waals surface area contributed by atoms with Crippen molar-refractivity contribution in [3.8, 4) is 0 Å². The van der Waals surface area contributed by atoms with Crippen LogP contribution >= 0.6 is 0 Å². The van der Waals surface area contributed by atoms with Crippen LogP contribution in [0.1, 0.15) is 13.3 Å². The number of hydrogen-bond acceptors (Lipinski definition) is 4. The minimum absolute atomic E-state index is 1.15. The van der Waals surface area contributed by atoms with Crippen molar-refractivity contribution in [1.82, 2.24) is 0 Å². The molecule has 2 N–H and O–H groups in total. The summed E-state index contributed by atoms with van der Waals surface area (Å²) >= 11 is 0. The maximum Gasteiger partial charge on any atom is 0.426 e. The molecule has 0 heterocycles. The number of hydrogen-bond donors (Lipinski definition) is 2. The van der Waals surface area contributed by atoms with Crippen molar-refractivity contribution in [3.63, 3.8) is 0 Å². The van der Waals surface area contributed by atoms with E-state index < -0.39 is 91.7 Å². The second kappa shape index (κ2) is 8.75. The molecule has 3 unspecified atom stereocenters. The van der Waals surface area contributed by atoms with Crippen LogP contribution in [0.3, 0.4) is 0 Å². The highest BCUT2D eigenvalue weighted by atomic mass is 19.4. The third kappa shape index (κ3) is 4.34. The molecule has 228 valence electrons. The average Bonchev–Trinajstić information content (AvgIpc) is 2.69. The second-order valence-electron chi connectivity index (χ2n) is 7.98. The van der Waals surface area contributed by atoms with Crippen LogP contribution in [0.5, 0.6) is 0 Å². The minimum atomic E-state index is -8.29. The molecular weight excluding hydrogens is 605 g/mol. The number of aliphatic hydroxyl groups excluding tert-OH is 2. The maximum atomic E-state index is 14.9. The first-order valence-corrected chi connectivity index (χ1v) is 8.95. The minimum Gasteiger partial charge on any atom is -0.390 e. The molecule has 1 fully saturated rings. The topological polar surface area (TPSA) is 58.9 Å². The fourth-order valence-corrected chi connectivity index (χ4v) is 2.97. The predicted octanol–water partition coefficient (Wildman–Crippen LogP) is 5.47. The number of ether oxygens (including phenoxy) is 2. The summed E-state index contributed by atoms with van der Waals surface area (Å²) in [5, 5.41) is 16.1. The molecular formula is C15H11F19O4. The van der Waals surface area contributed by atoms with Crippen molar-refractivity contribution < 1.29 is 103 Å². The fraction of sp³-hybridized carbons (Fsp3) is 1.00. The van der Waals surface area contributed by atoms with Crippen LogP contribution in [0, 0.1) is 0 Å². The van der Waals surface area contributed by atoms with E-state index in [0.29, 0.717) is 0 Å². The van der Waals surface area contributed by atoms with Crippen LogP contribution in [-0.4, -0.2) is 88.6 Å². The molecule has 0 aromatic carbocycles. The van der Waals surface area contributed by atoms with Gasteiger partial charge in [0.1, 0.15) is 13.2 Å². The standard InChI is InChI=1S/C15H11F19O4/c1-5(16)2-6(17,12(27,28)37-13(29,30)7(18,19)3-35)11(25,26)9(22,10(5,23)24)15(33,34)38-14(31,32)8(20,21)4-36/h35-36H,2-4H2,1H3. The van der Waals surface area contributed by atoms with Gasteiger partial charge in [0.25, 0.3) is 5.67 Å². The van der Waals surface area contributed by atoms with Gasteiger partial charge in [0.05, 0.1) is 0 Å². The summed E-state index contributed by atoms with van der Waals surface area (Å²) in [4.78, 5) is 0. The van der Waals surface area contributed by atoms with Crippen LogP contribution in [0.2, 0.25) is 0 Å². The monoisotopic (exact) mass is 616 g/mol. The van der Waals surface area contributed by atoms with Gasteiger partial charge in [-0.25, -0.2) is 22.6 Å². The van der Waals surface area contributed by atoms with Gasteiger partial charge in [0.2, 0.25) is 0 Å². The van der Waals surface area contributed by atoms with Gasteiger partial charge in [-0.1, -0.05) is 0 Å². The Morgan fingerprint density at radius 2 is 0.895 bits per heavy atom. The zero-order valence-electron chi connectivity index (χ0n) is 17.5. The molecule has 0 saturated heterocycles. The van der Waals surface area contributed by atoms with E-state index in [0.717, 1.165) is 0 Å². The molecule has 0 radical (unpaired) electrons. The summed E-state index contributed by atoms with van der Waals surface area (Å²) < 4.78 is 267. The van der Waals surface area contributed by atoms with Crippen molar-refractivity contribution >= 4 is 0 Å². The summed E-state index contributed by atoms with van der Waals surface area (Å²) in [5.41, 5.74) is -21.6. The molecule has 1 aliphatic rings. The summed E-state index contributed by atoms with van der Waals surface area (Å²) in [6, 6.07) is 0. The molecule has 23 heteroatoms. The average molecular weight is 616 g/mol. The summed E-state index contributed by atoms with van der Waals surface area (Å²) in [6.45, 7) is -7.65. The molecule has 0 aliphatic heterocycles. The van der Waals surface area contributed by atoms with Crippen LogP contribution in [0.25, 0.3) is 0 Å². The van der Waals surface area contributed by atoms with Gasteiger partial charge in [-0.3, -0.25) is 0 Å². The zero-order valence-corrected chi connectivity index (χ0v) is 17.5. The van der Waals surface area contributed by atoms with E-state index in [9.17, 15) is 83.4 Å². The van der Waals surface area contributed by atoms with Crippen molar-refractivity contribution in [1.29, 1.82) is 0 Å². The van der Waals surface area contributed by atoms with Crippen LogP contribution in [0.15, 0.2) is 0 Å². The number of aliphatic hydroxyl groups is 2. The van der Waals surface area contributed by atoms with Crippen molar-refractivity contribution in [2.75, 3.05) is 13.2 Å². The molecule has 0 spiro atoms. The Labute approximate surface area is 196 Å². The Hall–Kier alpha value is -1.49. The zero-order chi connectivity index (χ0) is 31.0. The largest absolute Gasteiger partial charge is 0.426 e. The Balaban J connectivity index is 3.97. The Bertz CT molecular complexity index is 889. The molecule has 1 aliphatic carbocycles. The van der Waals surface area contributed by atoms with Gasteiger partial charge in [0, 0.05) is 6.42 Å². The highest BCUT2D eigenvalue weighted by molar-refractivity contribution is 5.28. The van der Waals surface area contributed by atoms with E-state index in [2.05, 4.69) is 0 Å². The number of rotatable bonds is 10. The number of halogens is 19. The van der Waals surface area contributed by atoms with E-state index in [4.69, 9.17) is 10.2 Å². The highest BCUT2D eigenvalue weighted by Crippen LogP contribution is 2.70. The lowest BCUT2D eigenvalue weighted by molar-refractivity contribution is -0.532. The molecule has 4 nitrogen and oxygen atoms in total. The van der Waals surface area contributed by atoms with Gasteiger partial charge >= 0.3 is 53.8 Å². The van der Waals surface area contributed by atoms with Crippen LogP contribution in [0.4, 0.5) is 83.4 Å². The Morgan fingerprint density at radius 1 is 0.579 bits per heavy atom. The van der Waals surface area contributed by atoms with E-state index in [-0.39, 0.29) is 0 Å². The second-order valence-corrected chi connectivity index (χ2v) is 7.98. The predicted molar refractivity (Wildman–Crippen MR) is 77.7 cm³/mol. The van der Waals surface area contributed by atoms with Gasteiger partial charge in [0.15, 0.2) is 5.67 Å². The highest BCUT2D eigenvalue weighted by Gasteiger charge is 2.99. The van der Waals surface area contributed by atoms with E-state index >= 15 is 0 Å². The SMILES string of the molecule is CC1(F)CC(F)(C(F)(F)OC(F)(F)C(F)(F)CO)C(F)(F)C(F)(C(F)(F)OC(F)(F)C(F)(F)CO)C1(F)F. The molecule has 0 amide bonds. The molecule has 1 saturated carbocycles. The maximum absolute atomic E-state index is 14.9. The first-order chi connectivity index (χ1) is 16.2. The molecule has 0 aromatic heterocycles. The first-order valence-electron chi connectivity index (χ1n) is 8.95. The Kier molecular flexibility index (Phi) is 7.96. The van der Waals surface area contributed by atoms with Gasteiger partial charge in [-0.05, 0) is 6.92 Å². The van der Waals surface area contributed by atoms with Gasteiger partial charge in [-0.15, -0.1) is 0 Å². The number of alkyl halides is 19. The first kappa shape index (κ1) is 34.5. The third-order valence-electron chi connectivity index (χ3n) is 5.22. The van der Waals surface area contributed by atoms with Crippen LogP contribution in [-0.2, 0) is 9.47 Å². The van der Waals surface area contributed by atoms with Crippen LogP contribution < -0.4 is 0 Å². The molecule has 0 aromatic rings. The van der Waals surface area contributed by atoms with Crippen molar-refractivity contribution in [3.05, 3.63) is 0 Å². The smallest absolute Gasteiger partial charge is 0.390 e. The molecule has 3 atom stereocenters. The van der Waals surface area contributed by atoms with E-state index in [1.807, 2.05) is 0 Å². The van der Waals surface area contributed by atoms with Crippen molar-refractivity contribution in [2.45, 2.75) is 78.5 Å². The lowest BCUT2D eigenvalue weighted by Crippen LogP contribution is -2.85. The summed E-state index contributed by atoms with van der Waals surface area (Å²) in [7, 11) is 0. The molecule has 1 rings (SSSR count). The molecule has 0 bridgehead atoms. The van der Waals surface area contributed by atoms with E-state index in [1.54, 1.807) is 9.47 Å². The normalized spacial score (nSPS) is 31.4. The van der Waals surface area contributed by atoms with Crippen molar-refractivity contribution in [2.24, 2.45) is 0 Å².